The summed E-state index contributed by atoms with van der Waals surface area (Å²) in [5.74, 6) is 0. The smallest absolute Gasteiger partial charge is 0.0645 e. The number of rotatable bonds is 1. The summed E-state index contributed by atoms with van der Waals surface area (Å²) >= 11 is 0. The standard InChI is InChI=1S/C15H13N/c1-2-8-14(9-3-1)16-15-10-12-6-4-5-7-13(12)11-15/h1-9H,10-11H2/i8T. The fourth-order valence-electron chi connectivity index (χ4n) is 2.11. The summed E-state index contributed by atoms with van der Waals surface area (Å²) in [5.41, 5.74) is 4.67. The molecule has 0 radical (unpaired) electrons. The molecule has 0 saturated carbocycles. The first kappa shape index (κ1) is 8.28. The summed E-state index contributed by atoms with van der Waals surface area (Å²) in [6.07, 6.45) is 1.84. The van der Waals surface area contributed by atoms with Gasteiger partial charge < -0.3 is 0 Å². The highest BCUT2D eigenvalue weighted by Gasteiger charge is 2.15. The first-order valence-corrected chi connectivity index (χ1v) is 5.52. The molecule has 0 aromatic heterocycles. The normalized spacial score (nSPS) is 14.5. The van der Waals surface area contributed by atoms with Crippen LogP contribution in [0.25, 0.3) is 0 Å². The molecule has 2 aromatic rings. The third-order valence-electron chi connectivity index (χ3n) is 2.88. The van der Waals surface area contributed by atoms with E-state index in [1.807, 2.05) is 18.2 Å². The fourth-order valence-corrected chi connectivity index (χ4v) is 2.11. The Balaban J connectivity index is 1.92. The SMILES string of the molecule is [3H]c1ccccc1N=C1Cc2ccccc2C1. The lowest BCUT2D eigenvalue weighted by molar-refractivity contribution is 1.35. The third kappa shape index (κ3) is 1.76. The van der Waals surface area contributed by atoms with Crippen LogP contribution in [0.1, 0.15) is 12.5 Å². The van der Waals surface area contributed by atoms with Crippen LogP contribution in [0.3, 0.4) is 0 Å². The summed E-state index contributed by atoms with van der Waals surface area (Å²) in [4.78, 5) is 4.60. The van der Waals surface area contributed by atoms with Gasteiger partial charge in [-0.15, -0.1) is 0 Å². The maximum Gasteiger partial charge on any atom is 0.0645 e. The van der Waals surface area contributed by atoms with Crippen LogP contribution in [0.2, 0.25) is 0 Å². The van der Waals surface area contributed by atoms with E-state index >= 15 is 0 Å². The average Bonchev–Trinajstić information content (AvgIpc) is 2.74. The van der Waals surface area contributed by atoms with E-state index in [-0.39, 0.29) is 0 Å². The van der Waals surface area contributed by atoms with Gasteiger partial charge in [0.25, 0.3) is 0 Å². The molecular weight excluding hydrogens is 194 g/mol. The third-order valence-corrected chi connectivity index (χ3v) is 2.88. The highest BCUT2D eigenvalue weighted by Crippen LogP contribution is 2.22. The molecule has 0 fully saturated rings. The molecule has 1 aliphatic rings. The molecule has 3 rings (SSSR count). The van der Waals surface area contributed by atoms with Crippen molar-refractivity contribution in [3.63, 3.8) is 0 Å². The van der Waals surface area contributed by atoms with Gasteiger partial charge in [0.1, 0.15) is 0 Å². The largest absolute Gasteiger partial charge is 0.257 e. The van der Waals surface area contributed by atoms with Crippen LogP contribution in [0.5, 0.6) is 0 Å². The monoisotopic (exact) mass is 209 g/mol. The van der Waals surface area contributed by atoms with Crippen molar-refractivity contribution in [1.82, 2.24) is 0 Å². The van der Waals surface area contributed by atoms with E-state index in [1.54, 1.807) is 6.07 Å². The number of nitrogens with zero attached hydrogens (tertiary/aromatic N) is 1. The fraction of sp³-hybridized carbons (Fsp3) is 0.133. The predicted molar refractivity (Wildman–Crippen MR) is 67.4 cm³/mol. The van der Waals surface area contributed by atoms with Crippen LogP contribution in [0.4, 0.5) is 5.69 Å². The molecule has 1 heteroatoms. The van der Waals surface area contributed by atoms with Crippen molar-refractivity contribution in [2.45, 2.75) is 12.8 Å². The molecule has 2 aromatic carbocycles. The minimum absolute atomic E-state index is 0.496. The van der Waals surface area contributed by atoms with Crippen LogP contribution < -0.4 is 0 Å². The molecule has 0 unspecified atom stereocenters. The molecular formula is C15H13N. The molecule has 78 valence electrons. The highest BCUT2D eigenvalue weighted by molar-refractivity contribution is 5.94. The summed E-state index contributed by atoms with van der Waals surface area (Å²) in [7, 11) is 0. The molecule has 0 spiro atoms. The second kappa shape index (κ2) is 3.93. The van der Waals surface area contributed by atoms with Crippen molar-refractivity contribution < 1.29 is 1.37 Å². The minimum Gasteiger partial charge on any atom is -0.257 e. The second-order valence-corrected chi connectivity index (χ2v) is 4.05. The van der Waals surface area contributed by atoms with E-state index < -0.39 is 0 Å². The lowest BCUT2D eigenvalue weighted by Crippen LogP contribution is -1.94. The Hall–Kier alpha value is -1.89. The molecule has 0 amide bonds. The number of fused-ring (bicyclic) bond motifs is 1. The van der Waals surface area contributed by atoms with Crippen molar-refractivity contribution in [3.8, 4) is 0 Å². The molecule has 16 heavy (non-hydrogen) atoms. The van der Waals surface area contributed by atoms with Gasteiger partial charge in [-0.05, 0) is 23.2 Å². The molecule has 1 nitrogen and oxygen atoms in total. The van der Waals surface area contributed by atoms with Gasteiger partial charge in [0.15, 0.2) is 0 Å². The Morgan fingerprint density at radius 2 is 1.56 bits per heavy atom. The number of aliphatic imine (C=N–C) groups is 1. The van der Waals surface area contributed by atoms with Gasteiger partial charge in [0.05, 0.1) is 7.06 Å². The van der Waals surface area contributed by atoms with Gasteiger partial charge in [-0.1, -0.05) is 42.5 Å². The zero-order chi connectivity index (χ0) is 11.7. The number of hydrogen-bond donors (Lipinski definition) is 0. The minimum atomic E-state index is 0.496. The summed E-state index contributed by atoms with van der Waals surface area (Å²) in [6, 6.07) is 16.4. The zero-order valence-electron chi connectivity index (χ0n) is 9.98. The van der Waals surface area contributed by atoms with Crippen molar-refractivity contribution in [1.29, 1.82) is 0 Å². The Morgan fingerprint density at radius 1 is 0.875 bits per heavy atom. The van der Waals surface area contributed by atoms with Gasteiger partial charge in [0, 0.05) is 18.6 Å². The predicted octanol–water partition coefficient (Wildman–Crippen LogP) is 3.56. The van der Waals surface area contributed by atoms with E-state index in [1.165, 1.54) is 11.1 Å². The Morgan fingerprint density at radius 3 is 2.25 bits per heavy atom. The molecule has 0 bridgehead atoms. The van der Waals surface area contributed by atoms with E-state index in [4.69, 9.17) is 1.37 Å². The van der Waals surface area contributed by atoms with Gasteiger partial charge in [-0.25, -0.2) is 0 Å². The van der Waals surface area contributed by atoms with E-state index in [0.29, 0.717) is 6.04 Å². The van der Waals surface area contributed by atoms with E-state index in [9.17, 15) is 0 Å². The lowest BCUT2D eigenvalue weighted by atomic mass is 10.1. The first-order chi connectivity index (χ1) is 8.33. The van der Waals surface area contributed by atoms with Gasteiger partial charge in [0.2, 0.25) is 0 Å². The van der Waals surface area contributed by atoms with Crippen LogP contribution >= 0.6 is 0 Å². The maximum atomic E-state index is 7.79. The average molecular weight is 209 g/mol. The van der Waals surface area contributed by atoms with Gasteiger partial charge in [-0.2, -0.15) is 0 Å². The molecule has 0 aliphatic heterocycles. The van der Waals surface area contributed by atoms with Crippen molar-refractivity contribution in [2.75, 3.05) is 0 Å². The number of benzene rings is 2. The Kier molecular flexibility index (Phi) is 2.04. The Labute approximate surface area is 96.9 Å². The van der Waals surface area contributed by atoms with Gasteiger partial charge >= 0.3 is 0 Å². The molecule has 0 saturated heterocycles. The van der Waals surface area contributed by atoms with Crippen LogP contribution in [0, 0.1) is 0 Å². The van der Waals surface area contributed by atoms with E-state index in [2.05, 4.69) is 29.3 Å². The van der Waals surface area contributed by atoms with E-state index in [0.717, 1.165) is 24.2 Å². The van der Waals surface area contributed by atoms with Crippen molar-refractivity contribution >= 4 is 11.4 Å². The molecule has 1 aliphatic carbocycles. The number of hydrogen-bond acceptors (Lipinski definition) is 1. The quantitative estimate of drug-likeness (QED) is 0.681. The number of para-hydroxylation sites is 1. The summed E-state index contributed by atoms with van der Waals surface area (Å²) < 4.78 is 7.79. The van der Waals surface area contributed by atoms with Crippen LogP contribution in [-0.4, -0.2) is 5.71 Å². The molecule has 0 heterocycles. The van der Waals surface area contributed by atoms with Crippen LogP contribution in [0.15, 0.2) is 59.6 Å². The summed E-state index contributed by atoms with van der Waals surface area (Å²) in [5, 5.41) is 0. The maximum absolute atomic E-state index is 7.79. The molecule has 0 N–H and O–H groups in total. The van der Waals surface area contributed by atoms with Gasteiger partial charge in [-0.3, -0.25) is 4.99 Å². The van der Waals surface area contributed by atoms with Crippen molar-refractivity contribution in [2.24, 2.45) is 4.99 Å². The van der Waals surface area contributed by atoms with Crippen molar-refractivity contribution in [3.05, 3.63) is 65.7 Å². The second-order valence-electron chi connectivity index (χ2n) is 4.05. The lowest BCUT2D eigenvalue weighted by Gasteiger charge is -1.95. The summed E-state index contributed by atoms with van der Waals surface area (Å²) in [6.45, 7) is 0. The first-order valence-electron chi connectivity index (χ1n) is 6.02. The zero-order valence-corrected chi connectivity index (χ0v) is 8.98. The van der Waals surface area contributed by atoms with Crippen LogP contribution in [-0.2, 0) is 12.8 Å². The highest BCUT2D eigenvalue weighted by atomic mass is 14.7. The topological polar surface area (TPSA) is 12.4 Å². The molecule has 0 atom stereocenters. The Bertz CT molecular complexity index is 560.